The second-order valence-corrected chi connectivity index (χ2v) is 9.09. The van der Waals surface area contributed by atoms with Crippen molar-refractivity contribution in [1.82, 2.24) is 5.32 Å². The van der Waals surface area contributed by atoms with Gasteiger partial charge < -0.3 is 10.1 Å². The van der Waals surface area contributed by atoms with Gasteiger partial charge in [0.2, 0.25) is 0 Å². The third-order valence-electron chi connectivity index (χ3n) is 4.20. The van der Waals surface area contributed by atoms with Crippen LogP contribution >= 0.6 is 23.5 Å². The monoisotopic (exact) mass is 445 g/mol. The predicted molar refractivity (Wildman–Crippen MR) is 107 cm³/mol. The van der Waals surface area contributed by atoms with Crippen LogP contribution in [0.4, 0.5) is 17.6 Å². The number of carbonyl (C=O) groups is 1. The molecule has 0 spiro atoms. The van der Waals surface area contributed by atoms with Crippen molar-refractivity contribution in [3.8, 4) is 5.75 Å². The molecule has 1 aliphatic rings. The summed E-state index contributed by atoms with van der Waals surface area (Å²) in [6, 6.07) is 9.83. The van der Waals surface area contributed by atoms with Crippen LogP contribution in [0.5, 0.6) is 5.75 Å². The number of ether oxygens (including phenoxy) is 1. The van der Waals surface area contributed by atoms with E-state index in [1.165, 1.54) is 12.0 Å². The Balaban J connectivity index is 1.50. The molecule has 1 amide bonds. The lowest BCUT2D eigenvalue weighted by molar-refractivity contribution is -0.138. The lowest BCUT2D eigenvalue weighted by Crippen LogP contribution is -2.29. The van der Waals surface area contributed by atoms with E-state index in [4.69, 9.17) is 4.74 Å². The van der Waals surface area contributed by atoms with Crippen LogP contribution in [0.1, 0.15) is 27.7 Å². The number of thioether (sulfide) groups is 2. The number of alkyl halides is 3. The standard InChI is InChI=1S/C20H19F4NO2S2/c21-15-5-2-14(17(10-15)20(22,23)24)11-25-18(26)12-27-16-6-3-13(4-7-16)19-28-8-1-9-29-19/h2-7,10,19H,1,8-9,11-12H2,(H,25,26). The van der Waals surface area contributed by atoms with E-state index in [1.807, 2.05) is 35.7 Å². The average molecular weight is 446 g/mol. The molecule has 1 N–H and O–H groups in total. The fourth-order valence-electron chi connectivity index (χ4n) is 2.76. The molecule has 29 heavy (non-hydrogen) atoms. The lowest BCUT2D eigenvalue weighted by Gasteiger charge is -2.21. The molecule has 0 radical (unpaired) electrons. The van der Waals surface area contributed by atoms with E-state index in [0.717, 1.165) is 23.6 Å². The highest BCUT2D eigenvalue weighted by Crippen LogP contribution is 2.43. The first-order valence-electron chi connectivity index (χ1n) is 8.91. The quantitative estimate of drug-likeness (QED) is 0.604. The van der Waals surface area contributed by atoms with Gasteiger partial charge in [0.15, 0.2) is 6.61 Å². The molecule has 3 rings (SSSR count). The number of hydrogen-bond donors (Lipinski definition) is 1. The molecule has 2 aromatic carbocycles. The molecule has 2 aromatic rings. The summed E-state index contributed by atoms with van der Waals surface area (Å²) < 4.78 is 57.9. The Hall–Kier alpha value is -1.87. The summed E-state index contributed by atoms with van der Waals surface area (Å²) in [5.41, 5.74) is -0.126. The molecule has 3 nitrogen and oxygen atoms in total. The van der Waals surface area contributed by atoms with Gasteiger partial charge in [0, 0.05) is 6.54 Å². The van der Waals surface area contributed by atoms with Crippen LogP contribution in [-0.2, 0) is 17.5 Å². The molecule has 1 fully saturated rings. The second-order valence-electron chi connectivity index (χ2n) is 6.36. The first-order chi connectivity index (χ1) is 13.8. The molecular weight excluding hydrogens is 426 g/mol. The van der Waals surface area contributed by atoms with E-state index < -0.39 is 23.5 Å². The van der Waals surface area contributed by atoms with E-state index in [0.29, 0.717) is 16.4 Å². The molecule has 0 aromatic heterocycles. The smallest absolute Gasteiger partial charge is 0.416 e. The van der Waals surface area contributed by atoms with Gasteiger partial charge in [-0.25, -0.2) is 4.39 Å². The summed E-state index contributed by atoms with van der Waals surface area (Å²) >= 11 is 3.81. The Kier molecular flexibility index (Phi) is 7.34. The summed E-state index contributed by atoms with van der Waals surface area (Å²) in [5.74, 6) is 1.24. The molecular formula is C20H19F4NO2S2. The van der Waals surface area contributed by atoms with Crippen molar-refractivity contribution in [1.29, 1.82) is 0 Å². The Morgan fingerprint density at radius 2 is 1.79 bits per heavy atom. The molecule has 1 saturated heterocycles. The van der Waals surface area contributed by atoms with E-state index in [1.54, 1.807) is 12.1 Å². The van der Waals surface area contributed by atoms with Gasteiger partial charge in [0.1, 0.15) is 11.6 Å². The minimum atomic E-state index is -4.70. The maximum atomic E-state index is 13.1. The van der Waals surface area contributed by atoms with Gasteiger partial charge in [-0.3, -0.25) is 4.79 Å². The summed E-state index contributed by atoms with van der Waals surface area (Å²) in [7, 11) is 0. The molecule has 1 aliphatic heterocycles. The topological polar surface area (TPSA) is 38.3 Å². The Bertz CT molecular complexity index is 837. The van der Waals surface area contributed by atoms with Gasteiger partial charge in [-0.2, -0.15) is 13.2 Å². The van der Waals surface area contributed by atoms with Crippen LogP contribution in [0.15, 0.2) is 42.5 Å². The highest BCUT2D eigenvalue weighted by Gasteiger charge is 2.33. The van der Waals surface area contributed by atoms with Crippen molar-refractivity contribution in [2.75, 3.05) is 18.1 Å². The van der Waals surface area contributed by atoms with Crippen molar-refractivity contribution < 1.29 is 27.1 Å². The van der Waals surface area contributed by atoms with Gasteiger partial charge in [-0.05, 0) is 53.3 Å². The zero-order chi connectivity index (χ0) is 20.9. The Labute approximate surface area is 174 Å². The second kappa shape index (κ2) is 9.75. The maximum absolute atomic E-state index is 13.1. The van der Waals surface area contributed by atoms with Crippen LogP contribution in [-0.4, -0.2) is 24.0 Å². The maximum Gasteiger partial charge on any atom is 0.416 e. The fraction of sp³-hybridized carbons (Fsp3) is 0.350. The minimum Gasteiger partial charge on any atom is -0.484 e. The minimum absolute atomic E-state index is 0.209. The first-order valence-corrected chi connectivity index (χ1v) is 11.0. The summed E-state index contributed by atoms with van der Waals surface area (Å²) in [6.07, 6.45) is -3.49. The molecule has 1 heterocycles. The third kappa shape index (κ3) is 6.30. The molecule has 0 unspecified atom stereocenters. The molecule has 156 valence electrons. The van der Waals surface area contributed by atoms with Crippen LogP contribution in [0.25, 0.3) is 0 Å². The highest BCUT2D eigenvalue weighted by molar-refractivity contribution is 8.16. The molecule has 0 bridgehead atoms. The van der Waals surface area contributed by atoms with Gasteiger partial charge >= 0.3 is 6.18 Å². The van der Waals surface area contributed by atoms with E-state index in [9.17, 15) is 22.4 Å². The van der Waals surface area contributed by atoms with Crippen molar-refractivity contribution in [3.05, 3.63) is 65.0 Å². The average Bonchev–Trinajstić information content (AvgIpc) is 2.71. The predicted octanol–water partition coefficient (Wildman–Crippen LogP) is 5.41. The van der Waals surface area contributed by atoms with Crippen LogP contribution in [0.2, 0.25) is 0 Å². The zero-order valence-corrected chi connectivity index (χ0v) is 16.9. The van der Waals surface area contributed by atoms with E-state index in [2.05, 4.69) is 5.32 Å². The van der Waals surface area contributed by atoms with E-state index in [-0.39, 0.29) is 18.7 Å². The normalized spacial score (nSPS) is 15.2. The first kappa shape index (κ1) is 21.8. The highest BCUT2D eigenvalue weighted by atomic mass is 32.2. The van der Waals surface area contributed by atoms with E-state index >= 15 is 0 Å². The van der Waals surface area contributed by atoms with Gasteiger partial charge in [0.25, 0.3) is 5.91 Å². The number of hydrogen-bond acceptors (Lipinski definition) is 4. The number of rotatable bonds is 6. The number of carbonyl (C=O) groups excluding carboxylic acids is 1. The van der Waals surface area contributed by atoms with Gasteiger partial charge in [-0.1, -0.05) is 18.2 Å². The lowest BCUT2D eigenvalue weighted by atomic mass is 10.1. The summed E-state index contributed by atoms with van der Waals surface area (Å²) in [5, 5.41) is 2.37. The van der Waals surface area contributed by atoms with Crippen molar-refractivity contribution in [2.45, 2.75) is 23.7 Å². The molecule has 0 aliphatic carbocycles. The van der Waals surface area contributed by atoms with Gasteiger partial charge in [0.05, 0.1) is 10.1 Å². The Morgan fingerprint density at radius 3 is 2.45 bits per heavy atom. The number of halogens is 4. The number of nitrogens with one attached hydrogen (secondary N) is 1. The number of benzene rings is 2. The van der Waals surface area contributed by atoms with Crippen molar-refractivity contribution in [2.24, 2.45) is 0 Å². The molecule has 9 heteroatoms. The van der Waals surface area contributed by atoms with Gasteiger partial charge in [-0.15, -0.1) is 23.5 Å². The molecule has 0 atom stereocenters. The summed E-state index contributed by atoms with van der Waals surface area (Å²) in [6.45, 7) is -0.693. The van der Waals surface area contributed by atoms with Crippen LogP contribution in [0, 0.1) is 5.82 Å². The SMILES string of the molecule is O=C(COc1ccc(C2SCCCS2)cc1)NCc1ccc(F)cc1C(F)(F)F. The summed E-state index contributed by atoms with van der Waals surface area (Å²) in [4.78, 5) is 11.9. The largest absolute Gasteiger partial charge is 0.484 e. The van der Waals surface area contributed by atoms with Crippen LogP contribution in [0.3, 0.4) is 0 Å². The zero-order valence-electron chi connectivity index (χ0n) is 15.3. The van der Waals surface area contributed by atoms with Crippen molar-refractivity contribution >= 4 is 29.4 Å². The molecule has 0 saturated carbocycles. The Morgan fingerprint density at radius 1 is 1.10 bits per heavy atom. The van der Waals surface area contributed by atoms with Crippen molar-refractivity contribution in [3.63, 3.8) is 0 Å². The number of amides is 1. The third-order valence-corrected chi connectivity index (χ3v) is 7.22. The van der Waals surface area contributed by atoms with Crippen LogP contribution < -0.4 is 10.1 Å². The fourth-order valence-corrected chi connectivity index (χ4v) is 5.66.